The van der Waals surface area contributed by atoms with Gasteiger partial charge >= 0.3 is 5.69 Å². The molecule has 7 nitrogen and oxygen atoms in total. The molecule has 20 heavy (non-hydrogen) atoms. The Morgan fingerprint density at radius 2 is 2.05 bits per heavy atom. The van der Waals surface area contributed by atoms with Crippen molar-refractivity contribution in [2.45, 2.75) is 33.2 Å². The summed E-state index contributed by atoms with van der Waals surface area (Å²) in [5.41, 5.74) is 5.65. The Balaban J connectivity index is 2.66. The van der Waals surface area contributed by atoms with Gasteiger partial charge in [0.1, 0.15) is 11.3 Å². The van der Waals surface area contributed by atoms with E-state index < -0.39 is 0 Å². The van der Waals surface area contributed by atoms with E-state index in [2.05, 4.69) is 9.97 Å². The van der Waals surface area contributed by atoms with Crippen molar-refractivity contribution in [2.75, 3.05) is 6.54 Å². The van der Waals surface area contributed by atoms with Gasteiger partial charge in [-0.1, -0.05) is 13.8 Å². The molecule has 0 aliphatic carbocycles. The molecule has 0 saturated carbocycles. The molecule has 2 rings (SSSR count). The first-order valence-corrected chi connectivity index (χ1v) is 6.84. The van der Waals surface area contributed by atoms with Crippen LogP contribution in [-0.2, 0) is 20.0 Å². The quantitative estimate of drug-likeness (QED) is 0.803. The van der Waals surface area contributed by atoms with Crippen molar-refractivity contribution < 1.29 is 0 Å². The Hall–Kier alpha value is -1.89. The lowest BCUT2D eigenvalue weighted by Gasteiger charge is -2.10. The maximum Gasteiger partial charge on any atom is 0.332 e. The van der Waals surface area contributed by atoms with Crippen molar-refractivity contribution >= 4 is 11.2 Å². The monoisotopic (exact) mass is 279 g/mol. The third-order valence-corrected chi connectivity index (χ3v) is 3.19. The summed E-state index contributed by atoms with van der Waals surface area (Å²) in [6.45, 7) is 5.13. The van der Waals surface area contributed by atoms with Gasteiger partial charge in [-0.05, 0) is 18.9 Å². The Kier molecular flexibility index (Phi) is 4.08. The molecule has 0 saturated heterocycles. The standard InChI is InChI=1S/C13H21N5O2/c1-8(2)7-18-11-10(12(19)17(3)13(18)20)15-9(16-11)5-4-6-14/h8H,4-7,14H2,1-3H3,(H,15,16). The van der Waals surface area contributed by atoms with Crippen LogP contribution in [0.4, 0.5) is 0 Å². The van der Waals surface area contributed by atoms with Gasteiger partial charge in [0.25, 0.3) is 5.56 Å². The highest BCUT2D eigenvalue weighted by Gasteiger charge is 2.15. The maximum atomic E-state index is 12.2. The van der Waals surface area contributed by atoms with Crippen LogP contribution >= 0.6 is 0 Å². The van der Waals surface area contributed by atoms with E-state index in [1.807, 2.05) is 13.8 Å². The Labute approximate surface area is 116 Å². The van der Waals surface area contributed by atoms with Crippen molar-refractivity contribution in [3.05, 3.63) is 26.7 Å². The molecule has 2 aromatic heterocycles. The van der Waals surface area contributed by atoms with Crippen LogP contribution in [0.3, 0.4) is 0 Å². The molecule has 0 unspecified atom stereocenters. The summed E-state index contributed by atoms with van der Waals surface area (Å²) in [6.07, 6.45) is 1.46. The summed E-state index contributed by atoms with van der Waals surface area (Å²) in [7, 11) is 1.49. The van der Waals surface area contributed by atoms with Crippen molar-refractivity contribution in [1.29, 1.82) is 0 Å². The second-order valence-electron chi connectivity index (χ2n) is 5.43. The molecular weight excluding hydrogens is 258 g/mol. The number of fused-ring (bicyclic) bond motifs is 1. The highest BCUT2D eigenvalue weighted by atomic mass is 16.2. The fourth-order valence-electron chi connectivity index (χ4n) is 2.20. The molecule has 7 heteroatoms. The summed E-state index contributed by atoms with van der Waals surface area (Å²) in [4.78, 5) is 31.8. The Bertz CT molecular complexity index is 723. The van der Waals surface area contributed by atoms with E-state index in [0.29, 0.717) is 36.5 Å². The van der Waals surface area contributed by atoms with E-state index >= 15 is 0 Å². The summed E-state index contributed by atoms with van der Waals surface area (Å²) in [5, 5.41) is 0. The second-order valence-corrected chi connectivity index (χ2v) is 5.43. The molecule has 0 spiro atoms. The van der Waals surface area contributed by atoms with Crippen molar-refractivity contribution in [1.82, 2.24) is 19.1 Å². The smallest absolute Gasteiger partial charge is 0.332 e. The lowest BCUT2D eigenvalue weighted by Crippen LogP contribution is -2.38. The van der Waals surface area contributed by atoms with Gasteiger partial charge < -0.3 is 10.7 Å². The number of nitrogens with zero attached hydrogens (tertiary/aromatic N) is 3. The van der Waals surface area contributed by atoms with Crippen LogP contribution in [0.5, 0.6) is 0 Å². The van der Waals surface area contributed by atoms with Crippen LogP contribution in [0.2, 0.25) is 0 Å². The summed E-state index contributed by atoms with van der Waals surface area (Å²) in [5.74, 6) is 0.989. The molecule has 2 heterocycles. The highest BCUT2D eigenvalue weighted by molar-refractivity contribution is 5.69. The molecule has 0 radical (unpaired) electrons. The number of imidazole rings is 1. The van der Waals surface area contributed by atoms with Gasteiger partial charge in [0.2, 0.25) is 0 Å². The lowest BCUT2D eigenvalue weighted by molar-refractivity contribution is 0.500. The third-order valence-electron chi connectivity index (χ3n) is 3.19. The first kappa shape index (κ1) is 14.5. The van der Waals surface area contributed by atoms with Crippen molar-refractivity contribution in [3.63, 3.8) is 0 Å². The maximum absolute atomic E-state index is 12.2. The number of aryl methyl sites for hydroxylation is 1. The van der Waals surface area contributed by atoms with Gasteiger partial charge in [0.05, 0.1) is 0 Å². The summed E-state index contributed by atoms with van der Waals surface area (Å²) >= 11 is 0. The average molecular weight is 279 g/mol. The molecule has 0 aliphatic heterocycles. The fourth-order valence-corrected chi connectivity index (χ4v) is 2.20. The number of aromatic amines is 1. The largest absolute Gasteiger partial charge is 0.336 e. The molecular formula is C13H21N5O2. The number of rotatable bonds is 5. The SMILES string of the molecule is CC(C)Cn1c(=O)n(C)c(=O)c2[nH]c(CCCN)nc21. The second kappa shape index (κ2) is 5.62. The van der Waals surface area contributed by atoms with Crippen LogP contribution in [-0.4, -0.2) is 25.6 Å². The topological polar surface area (TPSA) is 98.7 Å². The van der Waals surface area contributed by atoms with Gasteiger partial charge in [-0.25, -0.2) is 9.78 Å². The van der Waals surface area contributed by atoms with Crippen LogP contribution in [0.1, 0.15) is 26.1 Å². The van der Waals surface area contributed by atoms with Crippen molar-refractivity contribution in [3.8, 4) is 0 Å². The minimum Gasteiger partial charge on any atom is -0.336 e. The minimum absolute atomic E-state index is 0.289. The van der Waals surface area contributed by atoms with Gasteiger partial charge in [-0.3, -0.25) is 13.9 Å². The number of H-pyrrole nitrogens is 1. The first-order chi connectivity index (χ1) is 9.45. The van der Waals surface area contributed by atoms with Crippen molar-refractivity contribution in [2.24, 2.45) is 18.7 Å². The van der Waals surface area contributed by atoms with Crippen LogP contribution in [0, 0.1) is 5.92 Å². The van der Waals surface area contributed by atoms with E-state index in [-0.39, 0.29) is 17.2 Å². The van der Waals surface area contributed by atoms with Crippen LogP contribution < -0.4 is 17.0 Å². The predicted molar refractivity (Wildman–Crippen MR) is 77.8 cm³/mol. The summed E-state index contributed by atoms with van der Waals surface area (Å²) < 4.78 is 2.68. The molecule has 0 aromatic carbocycles. The summed E-state index contributed by atoms with van der Waals surface area (Å²) in [6, 6.07) is 0. The zero-order valence-corrected chi connectivity index (χ0v) is 12.1. The van der Waals surface area contributed by atoms with E-state index in [0.717, 1.165) is 11.0 Å². The zero-order valence-electron chi connectivity index (χ0n) is 12.1. The molecule has 0 fully saturated rings. The van der Waals surface area contributed by atoms with Gasteiger partial charge in [-0.15, -0.1) is 0 Å². The minimum atomic E-state index is -0.337. The zero-order chi connectivity index (χ0) is 14.9. The Morgan fingerprint density at radius 3 is 2.65 bits per heavy atom. The van der Waals surface area contributed by atoms with E-state index in [1.54, 1.807) is 4.57 Å². The normalized spacial score (nSPS) is 11.7. The molecule has 110 valence electrons. The first-order valence-electron chi connectivity index (χ1n) is 6.84. The third kappa shape index (κ3) is 2.53. The van der Waals surface area contributed by atoms with E-state index in [4.69, 9.17) is 5.73 Å². The van der Waals surface area contributed by atoms with Crippen LogP contribution in [0.15, 0.2) is 9.59 Å². The lowest BCUT2D eigenvalue weighted by atomic mass is 10.2. The molecule has 0 bridgehead atoms. The molecule has 0 aliphatic rings. The van der Waals surface area contributed by atoms with Gasteiger partial charge in [0.15, 0.2) is 5.65 Å². The fraction of sp³-hybridized carbons (Fsp3) is 0.615. The number of nitrogens with two attached hydrogens (primary N) is 1. The Morgan fingerprint density at radius 1 is 1.35 bits per heavy atom. The average Bonchev–Trinajstić information content (AvgIpc) is 2.82. The van der Waals surface area contributed by atoms with E-state index in [1.165, 1.54) is 7.05 Å². The number of nitrogens with one attached hydrogen (secondary N) is 1. The number of aromatic nitrogens is 4. The van der Waals surface area contributed by atoms with Gasteiger partial charge in [0, 0.05) is 20.0 Å². The molecule has 0 amide bonds. The van der Waals surface area contributed by atoms with Crippen LogP contribution in [0.25, 0.3) is 11.2 Å². The van der Waals surface area contributed by atoms with Gasteiger partial charge in [-0.2, -0.15) is 0 Å². The molecule has 3 N–H and O–H groups in total. The van der Waals surface area contributed by atoms with E-state index in [9.17, 15) is 9.59 Å². The number of hydrogen-bond donors (Lipinski definition) is 2. The molecule has 0 atom stereocenters. The number of hydrogen-bond acceptors (Lipinski definition) is 4. The molecule has 2 aromatic rings. The predicted octanol–water partition coefficient (Wildman–Crippen LogP) is -0.0294. The highest BCUT2D eigenvalue weighted by Crippen LogP contribution is 2.09.